The van der Waals surface area contributed by atoms with Crippen molar-refractivity contribution in [2.45, 2.75) is 46.6 Å². The summed E-state index contributed by atoms with van der Waals surface area (Å²) >= 11 is 0. The van der Waals surface area contributed by atoms with E-state index in [4.69, 9.17) is 10.5 Å². The second-order valence-electron chi connectivity index (χ2n) is 3.24. The SMILES string of the molecule is CCOC(=O)C(C)=C(CC)C(N)CC. The van der Waals surface area contributed by atoms with Crippen LogP contribution in [0, 0.1) is 0 Å². The van der Waals surface area contributed by atoms with E-state index >= 15 is 0 Å². The minimum atomic E-state index is -0.242. The minimum absolute atomic E-state index is 0.0237. The number of hydrogen-bond donors (Lipinski definition) is 1. The van der Waals surface area contributed by atoms with Gasteiger partial charge in [0.2, 0.25) is 0 Å². The first-order valence-corrected chi connectivity index (χ1v) is 5.20. The van der Waals surface area contributed by atoms with E-state index in [1.807, 2.05) is 13.8 Å². The first-order valence-electron chi connectivity index (χ1n) is 5.20. The zero-order chi connectivity index (χ0) is 11.1. The van der Waals surface area contributed by atoms with Crippen molar-refractivity contribution in [3.63, 3.8) is 0 Å². The Morgan fingerprint density at radius 3 is 2.29 bits per heavy atom. The predicted octanol–water partition coefficient (Wildman–Crippen LogP) is 2.01. The number of carbonyl (C=O) groups excluding carboxylic acids is 1. The average molecular weight is 199 g/mol. The van der Waals surface area contributed by atoms with Gasteiger partial charge in [0.25, 0.3) is 0 Å². The van der Waals surface area contributed by atoms with E-state index in [0.717, 1.165) is 18.4 Å². The van der Waals surface area contributed by atoms with Gasteiger partial charge in [-0.3, -0.25) is 0 Å². The zero-order valence-electron chi connectivity index (χ0n) is 9.59. The highest BCUT2D eigenvalue weighted by Crippen LogP contribution is 2.15. The van der Waals surface area contributed by atoms with Crippen LogP contribution in [0.15, 0.2) is 11.1 Å². The average Bonchev–Trinajstić information content (AvgIpc) is 2.18. The first kappa shape index (κ1) is 13.2. The highest BCUT2D eigenvalue weighted by Gasteiger charge is 2.14. The molecule has 0 aromatic carbocycles. The fourth-order valence-electron chi connectivity index (χ4n) is 1.42. The summed E-state index contributed by atoms with van der Waals surface area (Å²) in [5, 5.41) is 0. The van der Waals surface area contributed by atoms with Crippen LogP contribution in [0.1, 0.15) is 40.5 Å². The topological polar surface area (TPSA) is 52.3 Å². The number of esters is 1. The van der Waals surface area contributed by atoms with Gasteiger partial charge in [-0.2, -0.15) is 0 Å². The highest BCUT2D eigenvalue weighted by atomic mass is 16.5. The molecule has 0 saturated heterocycles. The molecule has 0 radical (unpaired) electrons. The lowest BCUT2D eigenvalue weighted by atomic mass is 9.98. The molecule has 0 saturated carbocycles. The largest absolute Gasteiger partial charge is 0.463 e. The number of ether oxygens (including phenoxy) is 1. The Labute approximate surface area is 86.3 Å². The maximum absolute atomic E-state index is 11.4. The molecule has 0 aliphatic rings. The zero-order valence-corrected chi connectivity index (χ0v) is 9.59. The van der Waals surface area contributed by atoms with E-state index < -0.39 is 0 Å². The molecule has 0 bridgehead atoms. The molecule has 0 aromatic rings. The molecule has 0 fully saturated rings. The van der Waals surface area contributed by atoms with E-state index in [1.165, 1.54) is 0 Å². The third-order valence-corrected chi connectivity index (χ3v) is 2.33. The van der Waals surface area contributed by atoms with Crippen LogP contribution >= 0.6 is 0 Å². The van der Waals surface area contributed by atoms with Crippen LogP contribution < -0.4 is 5.73 Å². The molecular weight excluding hydrogens is 178 g/mol. The summed E-state index contributed by atoms with van der Waals surface area (Å²) in [6, 6.07) is -0.0237. The van der Waals surface area contributed by atoms with Crippen molar-refractivity contribution >= 4 is 5.97 Å². The lowest BCUT2D eigenvalue weighted by Gasteiger charge is -2.15. The summed E-state index contributed by atoms with van der Waals surface area (Å²) in [5.41, 5.74) is 7.57. The molecule has 3 heteroatoms. The molecule has 0 aliphatic carbocycles. The van der Waals surface area contributed by atoms with E-state index in [9.17, 15) is 4.79 Å². The van der Waals surface area contributed by atoms with Gasteiger partial charge >= 0.3 is 5.97 Å². The van der Waals surface area contributed by atoms with Crippen molar-refractivity contribution < 1.29 is 9.53 Å². The van der Waals surface area contributed by atoms with Crippen LogP contribution in [0.25, 0.3) is 0 Å². The van der Waals surface area contributed by atoms with Crippen LogP contribution in [0.3, 0.4) is 0 Å². The van der Waals surface area contributed by atoms with Crippen LogP contribution in [-0.2, 0) is 9.53 Å². The van der Waals surface area contributed by atoms with E-state index in [1.54, 1.807) is 13.8 Å². The standard InChI is InChI=1S/C11H21NO2/c1-5-9(10(12)6-2)8(4)11(13)14-7-3/h10H,5-7,12H2,1-4H3. The van der Waals surface area contributed by atoms with Crippen LogP contribution in [0.2, 0.25) is 0 Å². The minimum Gasteiger partial charge on any atom is -0.463 e. The van der Waals surface area contributed by atoms with Gasteiger partial charge in [-0.25, -0.2) is 4.79 Å². The molecule has 1 unspecified atom stereocenters. The lowest BCUT2D eigenvalue weighted by molar-refractivity contribution is -0.138. The smallest absolute Gasteiger partial charge is 0.333 e. The molecule has 14 heavy (non-hydrogen) atoms. The van der Waals surface area contributed by atoms with Gasteiger partial charge in [-0.05, 0) is 32.3 Å². The normalized spacial score (nSPS) is 14.6. The summed E-state index contributed by atoms with van der Waals surface area (Å²) < 4.78 is 4.93. The Morgan fingerprint density at radius 1 is 1.36 bits per heavy atom. The molecule has 2 N–H and O–H groups in total. The second kappa shape index (κ2) is 6.60. The van der Waals surface area contributed by atoms with Crippen LogP contribution in [-0.4, -0.2) is 18.6 Å². The maximum atomic E-state index is 11.4. The van der Waals surface area contributed by atoms with Gasteiger partial charge in [0.1, 0.15) is 0 Å². The van der Waals surface area contributed by atoms with Crippen molar-refractivity contribution in [3.05, 3.63) is 11.1 Å². The monoisotopic (exact) mass is 199 g/mol. The third kappa shape index (κ3) is 3.50. The summed E-state index contributed by atoms with van der Waals surface area (Å²) in [7, 11) is 0. The number of hydrogen-bond acceptors (Lipinski definition) is 3. The Balaban J connectivity index is 4.73. The van der Waals surface area contributed by atoms with Crippen LogP contribution in [0.5, 0.6) is 0 Å². The third-order valence-electron chi connectivity index (χ3n) is 2.33. The molecule has 0 spiro atoms. The predicted molar refractivity (Wildman–Crippen MR) is 57.9 cm³/mol. The Hall–Kier alpha value is -0.830. The molecule has 3 nitrogen and oxygen atoms in total. The fourth-order valence-corrected chi connectivity index (χ4v) is 1.42. The summed E-state index contributed by atoms with van der Waals surface area (Å²) in [6.07, 6.45) is 1.65. The number of rotatable bonds is 5. The Morgan fingerprint density at radius 2 is 1.93 bits per heavy atom. The van der Waals surface area contributed by atoms with Gasteiger partial charge in [0.15, 0.2) is 0 Å². The van der Waals surface area contributed by atoms with Gasteiger partial charge in [-0.1, -0.05) is 13.8 Å². The summed E-state index contributed by atoms with van der Waals surface area (Å²) in [4.78, 5) is 11.4. The molecule has 82 valence electrons. The number of nitrogens with two attached hydrogens (primary N) is 1. The van der Waals surface area contributed by atoms with E-state index in [-0.39, 0.29) is 12.0 Å². The van der Waals surface area contributed by atoms with Crippen molar-refractivity contribution in [1.82, 2.24) is 0 Å². The fraction of sp³-hybridized carbons (Fsp3) is 0.727. The quantitative estimate of drug-likeness (QED) is 0.544. The first-order chi connectivity index (χ1) is 6.58. The molecule has 0 aromatic heterocycles. The molecule has 1 atom stereocenters. The molecule has 0 rings (SSSR count). The van der Waals surface area contributed by atoms with E-state index in [2.05, 4.69) is 0 Å². The molecular formula is C11H21NO2. The van der Waals surface area contributed by atoms with Gasteiger partial charge in [0, 0.05) is 11.6 Å². The molecule has 0 aliphatic heterocycles. The van der Waals surface area contributed by atoms with Crippen molar-refractivity contribution in [2.75, 3.05) is 6.61 Å². The Bertz CT molecular complexity index is 221. The second-order valence-corrected chi connectivity index (χ2v) is 3.24. The lowest BCUT2D eigenvalue weighted by Crippen LogP contribution is -2.24. The highest BCUT2D eigenvalue weighted by molar-refractivity contribution is 5.88. The molecule has 0 heterocycles. The summed E-state index contributed by atoms with van der Waals surface area (Å²) in [5.74, 6) is -0.242. The molecule has 0 amide bonds. The van der Waals surface area contributed by atoms with E-state index in [0.29, 0.717) is 12.2 Å². The van der Waals surface area contributed by atoms with Crippen molar-refractivity contribution in [2.24, 2.45) is 5.73 Å². The number of carbonyl (C=O) groups is 1. The maximum Gasteiger partial charge on any atom is 0.333 e. The van der Waals surface area contributed by atoms with Gasteiger partial charge in [-0.15, -0.1) is 0 Å². The summed E-state index contributed by atoms with van der Waals surface area (Å²) in [6.45, 7) is 8.02. The van der Waals surface area contributed by atoms with Gasteiger partial charge < -0.3 is 10.5 Å². The van der Waals surface area contributed by atoms with Crippen molar-refractivity contribution in [1.29, 1.82) is 0 Å². The van der Waals surface area contributed by atoms with Crippen LogP contribution in [0.4, 0.5) is 0 Å². The van der Waals surface area contributed by atoms with Crippen molar-refractivity contribution in [3.8, 4) is 0 Å². The Kier molecular flexibility index (Phi) is 6.21. The van der Waals surface area contributed by atoms with Gasteiger partial charge in [0.05, 0.1) is 6.61 Å².